The average Bonchev–Trinajstić information content (AvgIpc) is 2.69. The molecule has 4 rings (SSSR count). The number of hydrogen-bond acceptors (Lipinski definition) is 5. The highest BCUT2D eigenvalue weighted by Crippen LogP contribution is 2.38. The number of piperidine rings is 1. The number of likely N-dealkylation sites (tertiary alicyclic amines) is 1. The molecule has 5 nitrogen and oxygen atoms in total. The van der Waals surface area contributed by atoms with Crippen molar-refractivity contribution in [1.82, 2.24) is 10.2 Å². The van der Waals surface area contributed by atoms with Crippen LogP contribution in [0.5, 0.6) is 11.5 Å². The molecule has 1 saturated heterocycles. The highest BCUT2D eigenvalue weighted by molar-refractivity contribution is 6.03. The van der Waals surface area contributed by atoms with Crippen LogP contribution in [0.4, 0.5) is 0 Å². The van der Waals surface area contributed by atoms with Gasteiger partial charge in [-0.05, 0) is 37.6 Å². The molecule has 2 heterocycles. The zero-order chi connectivity index (χ0) is 18.9. The van der Waals surface area contributed by atoms with Crippen molar-refractivity contribution >= 4 is 5.71 Å². The van der Waals surface area contributed by atoms with E-state index < -0.39 is 0 Å². The van der Waals surface area contributed by atoms with Crippen LogP contribution < -0.4 is 5.32 Å². The largest absolute Gasteiger partial charge is 0.508 e. The fraction of sp³-hybridized carbons (Fsp3) is 0.409. The third kappa shape index (κ3) is 3.57. The van der Waals surface area contributed by atoms with Crippen molar-refractivity contribution in [3.63, 3.8) is 0 Å². The van der Waals surface area contributed by atoms with E-state index in [1.54, 1.807) is 12.1 Å². The Morgan fingerprint density at radius 3 is 2.37 bits per heavy atom. The maximum atomic E-state index is 10.4. The Balaban J connectivity index is 1.73. The molecule has 0 amide bonds. The van der Waals surface area contributed by atoms with Crippen LogP contribution in [0.25, 0.3) is 0 Å². The second-order valence-electron chi connectivity index (χ2n) is 7.50. The first kappa shape index (κ1) is 18.0. The molecule has 0 aromatic heterocycles. The van der Waals surface area contributed by atoms with E-state index in [0.29, 0.717) is 12.2 Å². The van der Waals surface area contributed by atoms with Crippen LogP contribution in [0.1, 0.15) is 43.4 Å². The number of phenols is 2. The molecule has 2 aliphatic rings. The first-order valence-electron chi connectivity index (χ1n) is 9.75. The maximum absolute atomic E-state index is 10.4. The van der Waals surface area contributed by atoms with Crippen molar-refractivity contribution in [3.8, 4) is 11.5 Å². The standard InChI is InChI=1S/C22H27N3O2/c1-2-25-13-11-22(12-14-25)23-18(16-7-3-5-9-20(16)26)15-19(24-22)17-8-4-6-10-21(17)27/h3-10,18,23,26-27H,2,11-15H2,1H3. The van der Waals surface area contributed by atoms with E-state index in [0.717, 1.165) is 49.3 Å². The summed E-state index contributed by atoms with van der Waals surface area (Å²) in [7, 11) is 0. The van der Waals surface area contributed by atoms with E-state index in [1.165, 1.54) is 0 Å². The first-order valence-corrected chi connectivity index (χ1v) is 9.75. The van der Waals surface area contributed by atoms with Crippen molar-refractivity contribution in [2.24, 2.45) is 4.99 Å². The zero-order valence-corrected chi connectivity index (χ0v) is 15.7. The summed E-state index contributed by atoms with van der Waals surface area (Å²) in [4.78, 5) is 7.55. The van der Waals surface area contributed by atoms with E-state index in [2.05, 4.69) is 17.1 Å². The number of rotatable bonds is 3. The Morgan fingerprint density at radius 1 is 1.04 bits per heavy atom. The smallest absolute Gasteiger partial charge is 0.124 e. The summed E-state index contributed by atoms with van der Waals surface area (Å²) in [6.07, 6.45) is 2.47. The van der Waals surface area contributed by atoms with Crippen LogP contribution in [0.3, 0.4) is 0 Å². The Hall–Kier alpha value is -2.37. The second kappa shape index (κ2) is 7.33. The van der Waals surface area contributed by atoms with E-state index in [9.17, 15) is 10.2 Å². The van der Waals surface area contributed by atoms with Gasteiger partial charge in [-0.15, -0.1) is 0 Å². The van der Waals surface area contributed by atoms with Gasteiger partial charge in [-0.2, -0.15) is 0 Å². The molecule has 0 saturated carbocycles. The minimum absolute atomic E-state index is 0.0357. The van der Waals surface area contributed by atoms with E-state index >= 15 is 0 Å². The monoisotopic (exact) mass is 365 g/mol. The summed E-state index contributed by atoms with van der Waals surface area (Å²) in [5.74, 6) is 0.560. The van der Waals surface area contributed by atoms with Gasteiger partial charge in [-0.25, -0.2) is 0 Å². The number of aromatic hydroxyl groups is 2. The quantitative estimate of drug-likeness (QED) is 0.779. The van der Waals surface area contributed by atoms with Crippen LogP contribution in [0.2, 0.25) is 0 Å². The molecule has 0 bridgehead atoms. The van der Waals surface area contributed by atoms with Crippen molar-refractivity contribution in [2.45, 2.75) is 37.9 Å². The van der Waals surface area contributed by atoms with Crippen LogP contribution in [-0.4, -0.2) is 46.1 Å². The molecule has 5 heteroatoms. The third-order valence-corrected chi connectivity index (χ3v) is 5.85. The number of para-hydroxylation sites is 2. The van der Waals surface area contributed by atoms with E-state index in [4.69, 9.17) is 4.99 Å². The number of hydrogen-bond donors (Lipinski definition) is 3. The van der Waals surface area contributed by atoms with Gasteiger partial charge in [0, 0.05) is 42.4 Å². The van der Waals surface area contributed by atoms with Crippen LogP contribution >= 0.6 is 0 Å². The fourth-order valence-electron chi connectivity index (χ4n) is 4.26. The van der Waals surface area contributed by atoms with E-state index in [-0.39, 0.29) is 17.5 Å². The molecule has 1 atom stereocenters. The SMILES string of the molecule is CCN1CCC2(CC1)N=C(c1ccccc1O)CC(c1ccccc1O)N2. The van der Waals surface area contributed by atoms with Crippen LogP contribution in [0.15, 0.2) is 53.5 Å². The normalized spacial score (nSPS) is 22.6. The predicted octanol–water partition coefficient (Wildman–Crippen LogP) is 3.43. The molecule has 2 aromatic carbocycles. The summed E-state index contributed by atoms with van der Waals surface area (Å²) >= 11 is 0. The number of phenolic OH excluding ortho intramolecular Hbond substituents is 2. The van der Waals surface area contributed by atoms with Gasteiger partial charge in [0.15, 0.2) is 0 Å². The van der Waals surface area contributed by atoms with Crippen molar-refractivity contribution in [3.05, 3.63) is 59.7 Å². The van der Waals surface area contributed by atoms with Gasteiger partial charge in [-0.1, -0.05) is 37.3 Å². The molecule has 27 heavy (non-hydrogen) atoms. The number of benzene rings is 2. The minimum Gasteiger partial charge on any atom is -0.508 e. The molecule has 2 aromatic rings. The second-order valence-corrected chi connectivity index (χ2v) is 7.50. The lowest BCUT2D eigenvalue weighted by Crippen LogP contribution is -2.56. The fourth-order valence-corrected chi connectivity index (χ4v) is 4.26. The molecule has 1 unspecified atom stereocenters. The lowest BCUT2D eigenvalue weighted by molar-refractivity contribution is 0.129. The van der Waals surface area contributed by atoms with Gasteiger partial charge in [0.05, 0.1) is 0 Å². The third-order valence-electron chi connectivity index (χ3n) is 5.85. The molecule has 1 spiro atoms. The Kier molecular flexibility index (Phi) is 4.89. The summed E-state index contributed by atoms with van der Waals surface area (Å²) in [5.41, 5.74) is 2.23. The number of nitrogens with one attached hydrogen (secondary N) is 1. The summed E-state index contributed by atoms with van der Waals surface area (Å²) in [6, 6.07) is 14.9. The van der Waals surface area contributed by atoms with E-state index in [1.807, 2.05) is 36.4 Å². The first-order chi connectivity index (χ1) is 13.1. The van der Waals surface area contributed by atoms with Gasteiger partial charge in [0.2, 0.25) is 0 Å². The van der Waals surface area contributed by atoms with Crippen LogP contribution in [-0.2, 0) is 0 Å². The molecule has 142 valence electrons. The molecule has 0 radical (unpaired) electrons. The van der Waals surface area contributed by atoms with Gasteiger partial charge >= 0.3 is 0 Å². The summed E-state index contributed by atoms with van der Waals surface area (Å²) in [5, 5.41) is 24.5. The maximum Gasteiger partial charge on any atom is 0.124 e. The Labute approximate surface area is 160 Å². The highest BCUT2D eigenvalue weighted by atomic mass is 16.3. The molecular weight excluding hydrogens is 338 g/mol. The minimum atomic E-state index is -0.353. The molecule has 0 aliphatic carbocycles. The summed E-state index contributed by atoms with van der Waals surface area (Å²) < 4.78 is 0. The number of nitrogens with zero attached hydrogens (tertiary/aromatic N) is 2. The Bertz CT molecular complexity index is 841. The Morgan fingerprint density at radius 2 is 1.70 bits per heavy atom. The predicted molar refractivity (Wildman–Crippen MR) is 107 cm³/mol. The van der Waals surface area contributed by atoms with Gasteiger partial charge in [-0.3, -0.25) is 10.3 Å². The van der Waals surface area contributed by atoms with Gasteiger partial charge in [0.1, 0.15) is 17.2 Å². The molecule has 1 fully saturated rings. The highest BCUT2D eigenvalue weighted by Gasteiger charge is 2.40. The van der Waals surface area contributed by atoms with Gasteiger partial charge in [0.25, 0.3) is 0 Å². The molecule has 2 aliphatic heterocycles. The topological polar surface area (TPSA) is 68.1 Å². The number of aliphatic imine (C=N–C) groups is 1. The van der Waals surface area contributed by atoms with Gasteiger partial charge < -0.3 is 15.1 Å². The average molecular weight is 365 g/mol. The lowest BCUT2D eigenvalue weighted by atomic mass is 9.87. The molecule has 3 N–H and O–H groups in total. The summed E-state index contributed by atoms with van der Waals surface area (Å²) in [6.45, 7) is 5.23. The lowest BCUT2D eigenvalue weighted by Gasteiger charge is -2.45. The van der Waals surface area contributed by atoms with Crippen molar-refractivity contribution < 1.29 is 10.2 Å². The van der Waals surface area contributed by atoms with Crippen LogP contribution in [0, 0.1) is 0 Å². The molecular formula is C22H27N3O2. The zero-order valence-electron chi connectivity index (χ0n) is 15.7. The van der Waals surface area contributed by atoms with Crippen molar-refractivity contribution in [2.75, 3.05) is 19.6 Å². The van der Waals surface area contributed by atoms with Crippen molar-refractivity contribution in [1.29, 1.82) is 0 Å².